The molecule has 0 bridgehead atoms. The van der Waals surface area contributed by atoms with Crippen molar-refractivity contribution in [3.63, 3.8) is 0 Å². The van der Waals surface area contributed by atoms with E-state index in [9.17, 15) is 18.4 Å². The van der Waals surface area contributed by atoms with Crippen molar-refractivity contribution < 1.29 is 23.1 Å². The Morgan fingerprint density at radius 3 is 2.67 bits per heavy atom. The molecule has 0 aliphatic heterocycles. The summed E-state index contributed by atoms with van der Waals surface area (Å²) in [6, 6.07) is 5.43. The molecule has 9 heteroatoms. The van der Waals surface area contributed by atoms with Gasteiger partial charge in [0.05, 0.1) is 18.3 Å². The van der Waals surface area contributed by atoms with Crippen LogP contribution in [-0.2, 0) is 16.0 Å². The third-order valence-electron chi connectivity index (χ3n) is 3.88. The fraction of sp³-hybridized carbons (Fsp3) is 0.167. The summed E-state index contributed by atoms with van der Waals surface area (Å²) >= 11 is 0. The Morgan fingerprint density at radius 2 is 1.96 bits per heavy atom. The van der Waals surface area contributed by atoms with Gasteiger partial charge in [0, 0.05) is 36.5 Å². The van der Waals surface area contributed by atoms with Gasteiger partial charge in [-0.25, -0.2) is 13.8 Å². The molecule has 0 saturated carbocycles. The Bertz CT molecular complexity index is 986. The molecule has 0 atom stereocenters. The molecule has 3 rings (SSSR count). The zero-order valence-electron chi connectivity index (χ0n) is 14.3. The minimum atomic E-state index is -1.05. The number of fused-ring (bicyclic) bond motifs is 1. The summed E-state index contributed by atoms with van der Waals surface area (Å²) in [5.41, 5.74) is 1.35. The summed E-state index contributed by atoms with van der Waals surface area (Å²) in [6.07, 6.45) is 3.45. The second kappa shape index (κ2) is 7.81. The largest absolute Gasteiger partial charge is 0.481 e. The first-order chi connectivity index (χ1) is 13.0. The van der Waals surface area contributed by atoms with Crippen LogP contribution in [0.25, 0.3) is 10.9 Å². The lowest BCUT2D eigenvalue weighted by Crippen LogP contribution is -2.36. The average Bonchev–Trinajstić information content (AvgIpc) is 3.04. The molecule has 0 saturated heterocycles. The molecule has 140 valence electrons. The number of nitrogens with one attached hydrogen (secondary N) is 3. The van der Waals surface area contributed by atoms with E-state index in [-0.39, 0.29) is 17.6 Å². The molecule has 3 aromatic rings. The van der Waals surface area contributed by atoms with Gasteiger partial charge in [-0.3, -0.25) is 9.59 Å². The van der Waals surface area contributed by atoms with Crippen molar-refractivity contribution in [2.45, 2.75) is 6.42 Å². The fourth-order valence-corrected chi connectivity index (χ4v) is 2.48. The third kappa shape index (κ3) is 4.20. The smallest absolute Gasteiger partial charge is 0.313 e. The number of carbonyl (C=O) groups excluding carboxylic acids is 2. The number of benzene rings is 1. The van der Waals surface area contributed by atoms with E-state index < -0.39 is 23.4 Å². The number of anilines is 1. The Hall–Kier alpha value is -3.49. The molecule has 2 aromatic heterocycles. The minimum absolute atomic E-state index is 0.184. The van der Waals surface area contributed by atoms with Gasteiger partial charge in [0.1, 0.15) is 0 Å². The van der Waals surface area contributed by atoms with E-state index in [1.54, 1.807) is 18.3 Å². The Morgan fingerprint density at radius 1 is 1.19 bits per heavy atom. The van der Waals surface area contributed by atoms with Gasteiger partial charge in [-0.15, -0.1) is 0 Å². The van der Waals surface area contributed by atoms with Gasteiger partial charge in [-0.2, -0.15) is 0 Å². The molecule has 2 heterocycles. The van der Waals surface area contributed by atoms with E-state index in [2.05, 4.69) is 20.6 Å². The number of nitrogens with zero attached hydrogens (tertiary/aromatic N) is 1. The topological polar surface area (TPSA) is 96.1 Å². The lowest BCUT2D eigenvalue weighted by Gasteiger charge is -2.06. The van der Waals surface area contributed by atoms with Crippen molar-refractivity contribution >= 4 is 28.4 Å². The summed E-state index contributed by atoms with van der Waals surface area (Å²) in [6.45, 7) is 0.230. The summed E-state index contributed by atoms with van der Waals surface area (Å²) < 4.78 is 31.6. The van der Waals surface area contributed by atoms with Crippen LogP contribution in [0.4, 0.5) is 14.5 Å². The van der Waals surface area contributed by atoms with Gasteiger partial charge < -0.3 is 20.4 Å². The maximum absolute atomic E-state index is 13.4. The number of hydrogen-bond acceptors (Lipinski definition) is 4. The molecule has 0 radical (unpaired) electrons. The van der Waals surface area contributed by atoms with E-state index in [1.165, 1.54) is 13.3 Å². The Labute approximate surface area is 152 Å². The lowest BCUT2D eigenvalue weighted by molar-refractivity contribution is -0.136. The van der Waals surface area contributed by atoms with Crippen LogP contribution in [0.15, 0.2) is 36.7 Å². The highest BCUT2D eigenvalue weighted by Crippen LogP contribution is 2.25. The number of rotatable bonds is 5. The summed E-state index contributed by atoms with van der Waals surface area (Å²) in [5.74, 6) is -3.32. The first-order valence-electron chi connectivity index (χ1n) is 8.02. The highest BCUT2D eigenvalue weighted by Gasteiger charge is 2.16. The third-order valence-corrected chi connectivity index (χ3v) is 3.88. The zero-order valence-corrected chi connectivity index (χ0v) is 14.3. The van der Waals surface area contributed by atoms with Gasteiger partial charge in [0.2, 0.25) is 5.88 Å². The number of hydrogen-bond donors (Lipinski definition) is 3. The first kappa shape index (κ1) is 18.3. The predicted molar refractivity (Wildman–Crippen MR) is 94.3 cm³/mol. The minimum Gasteiger partial charge on any atom is -0.481 e. The number of amides is 2. The maximum Gasteiger partial charge on any atom is 0.313 e. The number of carbonyl (C=O) groups is 2. The molecule has 0 unspecified atom stereocenters. The number of halogens is 2. The van der Waals surface area contributed by atoms with Crippen molar-refractivity contribution in [1.82, 2.24) is 15.3 Å². The second-order valence-electron chi connectivity index (χ2n) is 5.68. The van der Waals surface area contributed by atoms with E-state index in [0.29, 0.717) is 17.8 Å². The molecule has 2 amide bonds. The van der Waals surface area contributed by atoms with Crippen LogP contribution in [0, 0.1) is 11.6 Å². The molecule has 0 fully saturated rings. The number of aromatic nitrogens is 2. The van der Waals surface area contributed by atoms with Crippen LogP contribution in [0.2, 0.25) is 0 Å². The normalized spacial score (nSPS) is 10.6. The highest BCUT2D eigenvalue weighted by atomic mass is 19.2. The van der Waals surface area contributed by atoms with E-state index >= 15 is 0 Å². The van der Waals surface area contributed by atoms with E-state index in [0.717, 1.165) is 17.7 Å². The number of ether oxygens (including phenoxy) is 1. The van der Waals surface area contributed by atoms with Crippen molar-refractivity contribution in [2.24, 2.45) is 0 Å². The number of methoxy groups -OCH3 is 1. The maximum atomic E-state index is 13.4. The van der Waals surface area contributed by atoms with Crippen LogP contribution in [0.5, 0.6) is 5.88 Å². The first-order valence-corrected chi connectivity index (χ1v) is 8.02. The SMILES string of the molecule is COc1ccc(CCNC(=O)C(=O)Nc2c[nH]c3cc(F)c(F)cc23)cn1. The Kier molecular flexibility index (Phi) is 5.30. The average molecular weight is 374 g/mol. The molecule has 3 N–H and O–H groups in total. The molecule has 27 heavy (non-hydrogen) atoms. The molecule has 0 aliphatic carbocycles. The van der Waals surface area contributed by atoms with E-state index in [1.807, 2.05) is 0 Å². The number of pyridine rings is 1. The molecule has 0 spiro atoms. The fourth-order valence-electron chi connectivity index (χ4n) is 2.48. The summed E-state index contributed by atoms with van der Waals surface area (Å²) in [7, 11) is 1.51. The number of aromatic amines is 1. The quantitative estimate of drug-likeness (QED) is 0.596. The van der Waals surface area contributed by atoms with Gasteiger partial charge >= 0.3 is 11.8 Å². The summed E-state index contributed by atoms with van der Waals surface area (Å²) in [5, 5.41) is 5.12. The van der Waals surface area contributed by atoms with Crippen LogP contribution in [-0.4, -0.2) is 35.4 Å². The van der Waals surface area contributed by atoms with Crippen molar-refractivity contribution in [3.8, 4) is 5.88 Å². The molecular weight excluding hydrogens is 358 g/mol. The van der Waals surface area contributed by atoms with Crippen LogP contribution < -0.4 is 15.4 Å². The van der Waals surface area contributed by atoms with Crippen molar-refractivity contribution in [1.29, 1.82) is 0 Å². The molecule has 0 aliphatic rings. The Balaban J connectivity index is 1.56. The van der Waals surface area contributed by atoms with E-state index in [4.69, 9.17) is 4.74 Å². The monoisotopic (exact) mass is 374 g/mol. The van der Waals surface area contributed by atoms with Crippen molar-refractivity contribution in [2.75, 3.05) is 19.0 Å². The molecule has 1 aromatic carbocycles. The summed E-state index contributed by atoms with van der Waals surface area (Å²) in [4.78, 5) is 30.7. The predicted octanol–water partition coefficient (Wildman–Crippen LogP) is 2.15. The number of H-pyrrole nitrogens is 1. The van der Waals surface area contributed by atoms with Crippen LogP contribution in [0.1, 0.15) is 5.56 Å². The lowest BCUT2D eigenvalue weighted by atomic mass is 10.2. The van der Waals surface area contributed by atoms with Crippen LogP contribution >= 0.6 is 0 Å². The van der Waals surface area contributed by atoms with Gasteiger partial charge in [0.25, 0.3) is 0 Å². The van der Waals surface area contributed by atoms with Crippen molar-refractivity contribution in [3.05, 3.63) is 53.9 Å². The van der Waals surface area contributed by atoms with Gasteiger partial charge in [-0.05, 0) is 18.1 Å². The second-order valence-corrected chi connectivity index (χ2v) is 5.68. The standard InChI is InChI=1S/C18H16F2N4O3/c1-27-16-3-2-10(8-23-16)4-5-21-17(25)18(26)24-15-9-22-14-7-13(20)12(19)6-11(14)15/h2-3,6-9,22H,4-5H2,1H3,(H,21,25)(H,24,26). The van der Waals surface area contributed by atoms with Crippen LogP contribution in [0.3, 0.4) is 0 Å². The van der Waals surface area contributed by atoms with Gasteiger partial charge in [0.15, 0.2) is 11.6 Å². The molecule has 7 nitrogen and oxygen atoms in total. The highest BCUT2D eigenvalue weighted by molar-refractivity contribution is 6.40. The molecular formula is C18H16F2N4O3. The van der Waals surface area contributed by atoms with Gasteiger partial charge in [-0.1, -0.05) is 6.07 Å². The zero-order chi connectivity index (χ0) is 19.4.